The molecule has 2 rings (SSSR count). The first-order chi connectivity index (χ1) is 6.83. The molecule has 2 heteroatoms. The number of benzene rings is 1. The molecule has 0 saturated heterocycles. The molecule has 0 radical (unpaired) electrons. The van der Waals surface area contributed by atoms with Gasteiger partial charge in [0.2, 0.25) is 0 Å². The van der Waals surface area contributed by atoms with E-state index in [-0.39, 0.29) is 6.61 Å². The highest BCUT2D eigenvalue weighted by atomic mass is 32.1. The summed E-state index contributed by atoms with van der Waals surface area (Å²) in [5, 5.41) is 11.1. The van der Waals surface area contributed by atoms with Gasteiger partial charge in [-0.05, 0) is 29.0 Å². The second-order valence-electron chi connectivity index (χ2n) is 3.24. The van der Waals surface area contributed by atoms with Crippen molar-refractivity contribution in [2.45, 2.75) is 13.5 Å². The summed E-state index contributed by atoms with van der Waals surface area (Å²) in [5.74, 6) is 0. The maximum atomic E-state index is 9.09. The molecule has 1 N–H and O–H groups in total. The first-order valence-electron chi connectivity index (χ1n) is 4.56. The predicted octanol–water partition coefficient (Wildman–Crippen LogP) is 3.22. The third-order valence-corrected chi connectivity index (χ3v) is 3.53. The Morgan fingerprint density at radius 1 is 1.21 bits per heavy atom. The van der Waals surface area contributed by atoms with Crippen molar-refractivity contribution >= 4 is 11.3 Å². The second-order valence-corrected chi connectivity index (χ2v) is 4.12. The Hall–Kier alpha value is -1.12. The van der Waals surface area contributed by atoms with E-state index in [0.29, 0.717) is 0 Å². The predicted molar refractivity (Wildman–Crippen MR) is 60.4 cm³/mol. The lowest BCUT2D eigenvalue weighted by atomic mass is 10.1. The first kappa shape index (κ1) is 9.44. The molecule has 1 nitrogen and oxygen atoms in total. The van der Waals surface area contributed by atoms with Crippen LogP contribution in [0.15, 0.2) is 35.7 Å². The minimum absolute atomic E-state index is 0.134. The van der Waals surface area contributed by atoms with E-state index in [0.717, 1.165) is 5.56 Å². The van der Waals surface area contributed by atoms with E-state index in [1.54, 1.807) is 11.3 Å². The lowest BCUT2D eigenvalue weighted by Gasteiger charge is -2.00. The van der Waals surface area contributed by atoms with Crippen LogP contribution in [0, 0.1) is 6.92 Å². The fourth-order valence-corrected chi connectivity index (χ4v) is 2.57. The van der Waals surface area contributed by atoms with Gasteiger partial charge < -0.3 is 5.11 Å². The van der Waals surface area contributed by atoms with Gasteiger partial charge in [0.05, 0.1) is 6.61 Å². The zero-order valence-corrected chi connectivity index (χ0v) is 8.84. The molecule has 0 spiro atoms. The van der Waals surface area contributed by atoms with Crippen molar-refractivity contribution < 1.29 is 5.11 Å². The summed E-state index contributed by atoms with van der Waals surface area (Å²) in [6, 6.07) is 10.3. The molecule has 0 atom stereocenters. The molecule has 0 unspecified atom stereocenters. The van der Waals surface area contributed by atoms with Crippen LogP contribution < -0.4 is 0 Å². The Kier molecular flexibility index (Phi) is 2.66. The van der Waals surface area contributed by atoms with Crippen LogP contribution in [0.1, 0.15) is 11.1 Å². The van der Waals surface area contributed by atoms with Crippen LogP contribution in [0.5, 0.6) is 0 Å². The third-order valence-electron chi connectivity index (χ3n) is 2.35. The zero-order valence-electron chi connectivity index (χ0n) is 8.03. The number of hydrogen-bond acceptors (Lipinski definition) is 2. The van der Waals surface area contributed by atoms with Crippen molar-refractivity contribution in [2.24, 2.45) is 0 Å². The van der Waals surface area contributed by atoms with Gasteiger partial charge in [0, 0.05) is 4.88 Å². The maximum Gasteiger partial charge on any atom is 0.0692 e. The standard InChI is InChI=1S/C12H12OS/c1-9-11(7-13)8-14-12(9)10-5-3-2-4-6-10/h2-6,8,13H,7H2,1H3. The lowest BCUT2D eigenvalue weighted by molar-refractivity contribution is 0.281. The maximum absolute atomic E-state index is 9.09. The minimum Gasteiger partial charge on any atom is -0.392 e. The van der Waals surface area contributed by atoms with Gasteiger partial charge in [-0.1, -0.05) is 30.3 Å². The minimum atomic E-state index is 0.134. The highest BCUT2D eigenvalue weighted by Gasteiger charge is 2.07. The Morgan fingerprint density at radius 2 is 1.93 bits per heavy atom. The summed E-state index contributed by atoms with van der Waals surface area (Å²) in [6.45, 7) is 2.19. The van der Waals surface area contributed by atoms with Crippen LogP contribution in [-0.2, 0) is 6.61 Å². The summed E-state index contributed by atoms with van der Waals surface area (Å²) in [4.78, 5) is 1.26. The lowest BCUT2D eigenvalue weighted by Crippen LogP contribution is -1.83. The number of aliphatic hydroxyl groups excluding tert-OH is 1. The number of hydrogen-bond donors (Lipinski definition) is 1. The highest BCUT2D eigenvalue weighted by Crippen LogP contribution is 2.31. The molecular formula is C12H12OS. The molecule has 0 aliphatic carbocycles. The Labute approximate surface area is 87.7 Å². The van der Waals surface area contributed by atoms with E-state index >= 15 is 0 Å². The quantitative estimate of drug-likeness (QED) is 0.796. The highest BCUT2D eigenvalue weighted by molar-refractivity contribution is 7.13. The van der Waals surface area contributed by atoms with Crippen LogP contribution in [0.4, 0.5) is 0 Å². The molecular weight excluding hydrogens is 192 g/mol. The molecule has 1 aromatic carbocycles. The molecule has 0 amide bonds. The summed E-state index contributed by atoms with van der Waals surface area (Å²) >= 11 is 1.69. The van der Waals surface area contributed by atoms with Gasteiger partial charge in [0.25, 0.3) is 0 Å². The third kappa shape index (κ3) is 1.59. The summed E-state index contributed by atoms with van der Waals surface area (Å²) < 4.78 is 0. The van der Waals surface area contributed by atoms with E-state index in [1.165, 1.54) is 16.0 Å². The smallest absolute Gasteiger partial charge is 0.0692 e. The number of rotatable bonds is 2. The van der Waals surface area contributed by atoms with Gasteiger partial charge in [0.15, 0.2) is 0 Å². The fraction of sp³-hybridized carbons (Fsp3) is 0.167. The van der Waals surface area contributed by atoms with E-state index in [1.807, 2.05) is 23.6 Å². The van der Waals surface area contributed by atoms with Crippen molar-refractivity contribution in [2.75, 3.05) is 0 Å². The number of aliphatic hydroxyl groups is 1. The van der Waals surface area contributed by atoms with Crippen LogP contribution in [0.2, 0.25) is 0 Å². The molecule has 0 aliphatic rings. The second kappa shape index (κ2) is 3.95. The van der Waals surface area contributed by atoms with E-state index in [4.69, 9.17) is 5.11 Å². The van der Waals surface area contributed by atoms with Gasteiger partial charge in [-0.2, -0.15) is 0 Å². The molecule has 0 aliphatic heterocycles. The van der Waals surface area contributed by atoms with Gasteiger partial charge in [-0.25, -0.2) is 0 Å². The molecule has 0 fully saturated rings. The molecule has 0 bridgehead atoms. The van der Waals surface area contributed by atoms with E-state index in [2.05, 4.69) is 19.1 Å². The first-order valence-corrected chi connectivity index (χ1v) is 5.44. The fourth-order valence-electron chi connectivity index (χ4n) is 1.48. The normalized spacial score (nSPS) is 10.4. The average molecular weight is 204 g/mol. The van der Waals surface area contributed by atoms with Crippen LogP contribution in [-0.4, -0.2) is 5.11 Å². The SMILES string of the molecule is Cc1c(CO)csc1-c1ccccc1. The monoisotopic (exact) mass is 204 g/mol. The van der Waals surface area contributed by atoms with Crippen molar-refractivity contribution in [1.29, 1.82) is 0 Å². The van der Waals surface area contributed by atoms with Crippen molar-refractivity contribution in [3.63, 3.8) is 0 Å². The summed E-state index contributed by atoms with van der Waals surface area (Å²) in [5.41, 5.74) is 3.47. The van der Waals surface area contributed by atoms with Gasteiger partial charge in [0.1, 0.15) is 0 Å². The van der Waals surface area contributed by atoms with Crippen LogP contribution in [0.25, 0.3) is 10.4 Å². The van der Waals surface area contributed by atoms with Crippen molar-refractivity contribution in [1.82, 2.24) is 0 Å². The van der Waals surface area contributed by atoms with Crippen LogP contribution in [0.3, 0.4) is 0 Å². The average Bonchev–Trinajstić information content (AvgIpc) is 2.61. The zero-order chi connectivity index (χ0) is 9.97. The Balaban J connectivity index is 2.48. The van der Waals surface area contributed by atoms with Gasteiger partial charge in [-0.15, -0.1) is 11.3 Å². The molecule has 14 heavy (non-hydrogen) atoms. The molecule has 2 aromatic rings. The van der Waals surface area contributed by atoms with Gasteiger partial charge in [-0.3, -0.25) is 0 Å². The molecule has 1 heterocycles. The Morgan fingerprint density at radius 3 is 2.50 bits per heavy atom. The molecule has 1 aromatic heterocycles. The van der Waals surface area contributed by atoms with E-state index < -0.39 is 0 Å². The van der Waals surface area contributed by atoms with Gasteiger partial charge >= 0.3 is 0 Å². The van der Waals surface area contributed by atoms with Crippen molar-refractivity contribution in [3.05, 3.63) is 46.8 Å². The largest absolute Gasteiger partial charge is 0.392 e. The molecule has 0 saturated carbocycles. The van der Waals surface area contributed by atoms with Crippen molar-refractivity contribution in [3.8, 4) is 10.4 Å². The van der Waals surface area contributed by atoms with Crippen LogP contribution >= 0.6 is 11.3 Å². The Bertz CT molecular complexity index is 417. The number of thiophene rings is 1. The topological polar surface area (TPSA) is 20.2 Å². The summed E-state index contributed by atoms with van der Waals surface area (Å²) in [7, 11) is 0. The molecule has 72 valence electrons. The summed E-state index contributed by atoms with van der Waals surface area (Å²) in [6.07, 6.45) is 0. The van der Waals surface area contributed by atoms with E-state index in [9.17, 15) is 0 Å².